The number of carbonyl (C=O) groups excluding carboxylic acids is 2. The fourth-order valence-electron chi connectivity index (χ4n) is 2.71. The molecule has 6 heteroatoms. The zero-order chi connectivity index (χ0) is 17.8. The number of amides is 2. The topological polar surface area (TPSA) is 62.6 Å². The quantitative estimate of drug-likeness (QED) is 0.840. The largest absolute Gasteiger partial charge is 0.469 e. The third-order valence-corrected chi connectivity index (χ3v) is 4.32. The van der Waals surface area contributed by atoms with Crippen LogP contribution in [0.15, 0.2) is 41.0 Å². The van der Waals surface area contributed by atoms with E-state index in [1.807, 2.05) is 0 Å². The Balaban J connectivity index is 1.51. The zero-order valence-corrected chi connectivity index (χ0v) is 14.1. The lowest BCUT2D eigenvalue weighted by Crippen LogP contribution is -2.36. The van der Waals surface area contributed by atoms with E-state index in [1.54, 1.807) is 30.0 Å². The number of nitrogens with zero attached hydrogens (tertiary/aromatic N) is 1. The molecule has 1 aromatic heterocycles. The Hall–Kier alpha value is -2.63. The highest BCUT2D eigenvalue weighted by atomic mass is 19.1. The van der Waals surface area contributed by atoms with Gasteiger partial charge < -0.3 is 14.6 Å². The van der Waals surface area contributed by atoms with Crippen molar-refractivity contribution in [1.29, 1.82) is 0 Å². The van der Waals surface area contributed by atoms with Crippen LogP contribution in [-0.2, 0) is 11.3 Å². The molecule has 1 saturated carbocycles. The molecule has 2 amide bonds. The highest BCUT2D eigenvalue weighted by Gasteiger charge is 2.34. The van der Waals surface area contributed by atoms with Crippen molar-refractivity contribution in [3.63, 3.8) is 0 Å². The summed E-state index contributed by atoms with van der Waals surface area (Å²) in [5, 5.41) is 2.80. The van der Waals surface area contributed by atoms with E-state index in [4.69, 9.17) is 4.42 Å². The highest BCUT2D eigenvalue weighted by Crippen LogP contribution is 2.29. The Morgan fingerprint density at radius 3 is 2.56 bits per heavy atom. The van der Waals surface area contributed by atoms with Gasteiger partial charge in [0.05, 0.1) is 11.8 Å². The van der Waals surface area contributed by atoms with Crippen molar-refractivity contribution in [2.45, 2.75) is 38.8 Å². The third kappa shape index (κ3) is 4.47. The molecule has 0 aliphatic heterocycles. The number of rotatable bonds is 7. The van der Waals surface area contributed by atoms with Gasteiger partial charge in [0.2, 0.25) is 5.91 Å². The predicted octanol–water partition coefficient (Wildman–Crippen LogP) is 3.04. The average molecular weight is 344 g/mol. The van der Waals surface area contributed by atoms with E-state index in [9.17, 15) is 14.0 Å². The molecule has 0 bridgehead atoms. The monoisotopic (exact) mass is 344 g/mol. The predicted molar refractivity (Wildman–Crippen MR) is 90.4 cm³/mol. The molecule has 1 N–H and O–H groups in total. The molecule has 0 atom stereocenters. The SMILES string of the molecule is Cc1occc1C(=O)N(CCC(=O)NCc1ccc(F)cc1)C1CC1. The van der Waals surface area contributed by atoms with E-state index in [2.05, 4.69) is 5.32 Å². The second-order valence-electron chi connectivity index (χ2n) is 6.27. The second-order valence-corrected chi connectivity index (χ2v) is 6.27. The van der Waals surface area contributed by atoms with Crippen LogP contribution < -0.4 is 5.32 Å². The molecule has 0 unspecified atom stereocenters. The summed E-state index contributed by atoms with van der Waals surface area (Å²) in [6, 6.07) is 7.88. The Bertz CT molecular complexity index is 750. The van der Waals surface area contributed by atoms with Gasteiger partial charge in [-0.15, -0.1) is 0 Å². The minimum Gasteiger partial charge on any atom is -0.469 e. The van der Waals surface area contributed by atoms with E-state index in [-0.39, 0.29) is 30.1 Å². The number of aryl methyl sites for hydroxylation is 1. The van der Waals surface area contributed by atoms with Gasteiger partial charge in [0.25, 0.3) is 5.91 Å². The molecule has 1 aliphatic carbocycles. The molecule has 132 valence electrons. The van der Waals surface area contributed by atoms with Gasteiger partial charge in [0, 0.05) is 25.6 Å². The summed E-state index contributed by atoms with van der Waals surface area (Å²) in [7, 11) is 0. The third-order valence-electron chi connectivity index (χ3n) is 4.32. The van der Waals surface area contributed by atoms with Crippen molar-refractivity contribution >= 4 is 11.8 Å². The summed E-state index contributed by atoms with van der Waals surface area (Å²) in [6.45, 7) is 2.48. The number of halogens is 1. The Morgan fingerprint density at radius 2 is 1.96 bits per heavy atom. The Kier molecular flexibility index (Phi) is 5.16. The lowest BCUT2D eigenvalue weighted by molar-refractivity contribution is -0.121. The first-order valence-corrected chi connectivity index (χ1v) is 8.41. The van der Waals surface area contributed by atoms with Crippen LogP contribution in [0, 0.1) is 12.7 Å². The standard InChI is InChI=1S/C19H21FN2O3/c1-13-17(9-11-25-13)19(24)22(16-6-7-16)10-8-18(23)21-12-14-2-4-15(20)5-3-14/h2-5,9,11,16H,6-8,10,12H2,1H3,(H,21,23). The number of hydrogen-bond donors (Lipinski definition) is 1. The molecule has 3 rings (SSSR count). The van der Waals surface area contributed by atoms with Crippen LogP contribution in [0.5, 0.6) is 0 Å². The summed E-state index contributed by atoms with van der Waals surface area (Å²) in [5.41, 5.74) is 1.39. The van der Waals surface area contributed by atoms with Gasteiger partial charge in [-0.3, -0.25) is 9.59 Å². The smallest absolute Gasteiger partial charge is 0.257 e. The fourth-order valence-corrected chi connectivity index (χ4v) is 2.71. The number of hydrogen-bond acceptors (Lipinski definition) is 3. The van der Waals surface area contributed by atoms with Crippen molar-refractivity contribution in [1.82, 2.24) is 10.2 Å². The zero-order valence-electron chi connectivity index (χ0n) is 14.1. The van der Waals surface area contributed by atoms with Crippen LogP contribution in [-0.4, -0.2) is 29.3 Å². The van der Waals surface area contributed by atoms with E-state index in [1.165, 1.54) is 18.4 Å². The molecule has 1 heterocycles. The van der Waals surface area contributed by atoms with Crippen molar-refractivity contribution in [2.24, 2.45) is 0 Å². The minimum absolute atomic E-state index is 0.0833. The maximum Gasteiger partial charge on any atom is 0.257 e. The molecule has 0 saturated heterocycles. The first kappa shape index (κ1) is 17.2. The van der Waals surface area contributed by atoms with E-state index >= 15 is 0 Å². The number of furan rings is 1. The van der Waals surface area contributed by atoms with Crippen molar-refractivity contribution < 1.29 is 18.4 Å². The summed E-state index contributed by atoms with van der Waals surface area (Å²) in [4.78, 5) is 26.5. The van der Waals surface area contributed by atoms with Crippen molar-refractivity contribution in [2.75, 3.05) is 6.54 Å². The maximum absolute atomic E-state index is 12.9. The van der Waals surface area contributed by atoms with Gasteiger partial charge in [-0.1, -0.05) is 12.1 Å². The molecule has 25 heavy (non-hydrogen) atoms. The minimum atomic E-state index is -0.303. The molecule has 1 aromatic carbocycles. The van der Waals surface area contributed by atoms with Crippen LogP contribution in [0.3, 0.4) is 0 Å². The van der Waals surface area contributed by atoms with Gasteiger partial charge in [-0.05, 0) is 43.5 Å². The molecule has 5 nitrogen and oxygen atoms in total. The lowest BCUT2D eigenvalue weighted by Gasteiger charge is -2.22. The summed E-state index contributed by atoms with van der Waals surface area (Å²) < 4.78 is 18.1. The van der Waals surface area contributed by atoms with Crippen molar-refractivity contribution in [3.8, 4) is 0 Å². The van der Waals surface area contributed by atoms with Gasteiger partial charge in [0.1, 0.15) is 11.6 Å². The molecule has 1 fully saturated rings. The van der Waals surface area contributed by atoms with Crippen LogP contribution in [0.25, 0.3) is 0 Å². The summed E-state index contributed by atoms with van der Waals surface area (Å²) in [6.07, 6.45) is 3.68. The second kappa shape index (κ2) is 7.51. The molecular formula is C19H21FN2O3. The molecule has 0 radical (unpaired) electrons. The summed E-state index contributed by atoms with van der Waals surface area (Å²) >= 11 is 0. The fraction of sp³-hybridized carbons (Fsp3) is 0.368. The molecule has 1 aliphatic rings. The van der Waals surface area contributed by atoms with Crippen LogP contribution in [0.1, 0.15) is 40.9 Å². The van der Waals surface area contributed by atoms with Gasteiger partial charge in [-0.2, -0.15) is 0 Å². The molecule has 0 spiro atoms. The Morgan fingerprint density at radius 1 is 1.24 bits per heavy atom. The van der Waals surface area contributed by atoms with Crippen LogP contribution >= 0.6 is 0 Å². The van der Waals surface area contributed by atoms with E-state index in [0.29, 0.717) is 24.4 Å². The first-order chi connectivity index (χ1) is 12.0. The van der Waals surface area contributed by atoms with Gasteiger partial charge in [-0.25, -0.2) is 4.39 Å². The average Bonchev–Trinajstić information content (AvgIpc) is 3.34. The van der Waals surface area contributed by atoms with Gasteiger partial charge in [0.15, 0.2) is 0 Å². The molecule has 2 aromatic rings. The van der Waals surface area contributed by atoms with Crippen LogP contribution in [0.2, 0.25) is 0 Å². The number of nitrogens with one attached hydrogen (secondary N) is 1. The van der Waals surface area contributed by atoms with E-state index in [0.717, 1.165) is 18.4 Å². The maximum atomic E-state index is 12.9. The lowest BCUT2D eigenvalue weighted by atomic mass is 10.2. The Labute approximate surface area is 145 Å². The van der Waals surface area contributed by atoms with E-state index < -0.39 is 0 Å². The molecular weight excluding hydrogens is 323 g/mol. The highest BCUT2D eigenvalue weighted by molar-refractivity contribution is 5.95. The summed E-state index contributed by atoms with van der Waals surface area (Å²) in [5.74, 6) is 0.0754. The van der Waals surface area contributed by atoms with Gasteiger partial charge >= 0.3 is 0 Å². The first-order valence-electron chi connectivity index (χ1n) is 8.41. The number of benzene rings is 1. The number of carbonyl (C=O) groups is 2. The normalized spacial score (nSPS) is 13.5. The van der Waals surface area contributed by atoms with Crippen molar-refractivity contribution in [3.05, 3.63) is 59.3 Å². The van der Waals surface area contributed by atoms with Crippen LogP contribution in [0.4, 0.5) is 4.39 Å².